The Morgan fingerprint density at radius 1 is 1.18 bits per heavy atom. The minimum Gasteiger partial charge on any atom is -0.369 e. The minimum absolute atomic E-state index is 0.00281. The van der Waals surface area contributed by atoms with Crippen molar-refractivity contribution < 1.29 is 18.0 Å². The van der Waals surface area contributed by atoms with Crippen molar-refractivity contribution in [1.82, 2.24) is 24.3 Å². The maximum Gasteiger partial charge on any atom is 0.417 e. The molecule has 11 heteroatoms. The summed E-state index contributed by atoms with van der Waals surface area (Å²) in [5.41, 5.74) is 6.05. The third-order valence-corrected chi connectivity index (χ3v) is 6.48. The van der Waals surface area contributed by atoms with Crippen LogP contribution in [-0.2, 0) is 6.18 Å². The fraction of sp³-hybridized carbons (Fsp3) is 0.259. The molecule has 1 atom stereocenters. The number of fused-ring (bicyclic) bond motifs is 1. The predicted molar refractivity (Wildman–Crippen MR) is 137 cm³/mol. The Labute approximate surface area is 216 Å². The molecule has 1 unspecified atom stereocenters. The highest BCUT2D eigenvalue weighted by Crippen LogP contribution is 2.40. The summed E-state index contributed by atoms with van der Waals surface area (Å²) in [5.74, 6) is 5.50. The number of hydrogen-bond donors (Lipinski definition) is 2. The summed E-state index contributed by atoms with van der Waals surface area (Å²) in [4.78, 5) is 27.7. The molecule has 4 heterocycles. The Hall–Kier alpha value is -4.43. The predicted octanol–water partition coefficient (Wildman–Crippen LogP) is 4.46. The topological polar surface area (TPSA) is 101 Å². The lowest BCUT2D eigenvalue weighted by atomic mass is 10.0. The Morgan fingerprint density at radius 3 is 2.76 bits per heavy atom. The molecule has 38 heavy (non-hydrogen) atoms. The summed E-state index contributed by atoms with van der Waals surface area (Å²) in [6.45, 7) is 3.89. The van der Waals surface area contributed by atoms with Crippen molar-refractivity contribution in [3.8, 4) is 23.2 Å². The number of nitrogens with one attached hydrogen (secondary N) is 1. The van der Waals surface area contributed by atoms with Crippen molar-refractivity contribution >= 4 is 23.2 Å². The van der Waals surface area contributed by atoms with Gasteiger partial charge in [-0.15, -0.1) is 5.92 Å². The van der Waals surface area contributed by atoms with Crippen LogP contribution in [0.3, 0.4) is 0 Å². The van der Waals surface area contributed by atoms with Gasteiger partial charge in [-0.05, 0) is 56.3 Å². The third kappa shape index (κ3) is 4.90. The van der Waals surface area contributed by atoms with Crippen LogP contribution in [0.2, 0.25) is 0 Å². The van der Waals surface area contributed by atoms with Crippen LogP contribution in [0.5, 0.6) is 0 Å². The molecule has 1 amide bonds. The number of alkyl halides is 3. The van der Waals surface area contributed by atoms with Crippen molar-refractivity contribution in [2.24, 2.45) is 0 Å². The van der Waals surface area contributed by atoms with E-state index in [1.165, 1.54) is 28.9 Å². The number of carbonyl (C=O) groups excluding carboxylic acids is 1. The van der Waals surface area contributed by atoms with Gasteiger partial charge in [0.25, 0.3) is 5.91 Å². The van der Waals surface area contributed by atoms with Gasteiger partial charge in [0.15, 0.2) is 0 Å². The number of amides is 1. The zero-order valence-corrected chi connectivity index (χ0v) is 20.5. The summed E-state index contributed by atoms with van der Waals surface area (Å²) < 4.78 is 44.5. The van der Waals surface area contributed by atoms with E-state index < -0.39 is 17.6 Å². The number of nitrogens with two attached hydrogens (primary N) is 1. The molecule has 3 N–H and O–H groups in total. The first-order chi connectivity index (χ1) is 18.3. The van der Waals surface area contributed by atoms with E-state index in [1.807, 2.05) is 0 Å². The molecule has 0 aliphatic carbocycles. The van der Waals surface area contributed by atoms with E-state index >= 15 is 0 Å². The van der Waals surface area contributed by atoms with Crippen molar-refractivity contribution in [3.63, 3.8) is 0 Å². The number of anilines is 2. The second-order valence-electron chi connectivity index (χ2n) is 8.92. The molecule has 194 valence electrons. The molecular weight excluding hydrogens is 495 g/mol. The first-order valence-corrected chi connectivity index (χ1v) is 11.9. The monoisotopic (exact) mass is 519 g/mol. The lowest BCUT2D eigenvalue weighted by Gasteiger charge is -2.14. The molecule has 0 radical (unpaired) electrons. The van der Waals surface area contributed by atoms with Gasteiger partial charge in [-0.3, -0.25) is 14.1 Å². The zero-order valence-electron chi connectivity index (χ0n) is 20.5. The summed E-state index contributed by atoms with van der Waals surface area (Å²) in [6, 6.07) is 9.98. The molecule has 1 aliphatic rings. The van der Waals surface area contributed by atoms with Crippen LogP contribution in [0, 0.1) is 11.8 Å². The number of rotatable bonds is 5. The average molecular weight is 520 g/mol. The van der Waals surface area contributed by atoms with Crippen LogP contribution in [0.1, 0.15) is 40.9 Å². The fourth-order valence-corrected chi connectivity index (χ4v) is 4.70. The lowest BCUT2D eigenvalue weighted by molar-refractivity contribution is -0.137. The summed E-state index contributed by atoms with van der Waals surface area (Å²) in [6.07, 6.45) is -0.980. The van der Waals surface area contributed by atoms with Crippen molar-refractivity contribution in [3.05, 3.63) is 71.7 Å². The highest BCUT2D eigenvalue weighted by atomic mass is 19.4. The lowest BCUT2D eigenvalue weighted by Crippen LogP contribution is -2.20. The number of imidazole rings is 1. The molecule has 1 fully saturated rings. The molecule has 0 saturated carbocycles. The van der Waals surface area contributed by atoms with Crippen molar-refractivity contribution in [1.29, 1.82) is 0 Å². The standard InChI is InChI=1S/C27H24F3N7O/c1-2-3-13-36-14-10-18(16-36)23-21-9-12-33-26(31)37(21)24(35-23)19-8-7-17(15-20(19)27(28,29)30)25(38)34-22-6-4-5-11-32-22/h4-9,11-12,15,18H,10,13-14,16H2,1H3,(H2,31,33)(H,32,34,38). The number of carbonyl (C=O) groups is 1. The van der Waals surface area contributed by atoms with E-state index in [9.17, 15) is 18.0 Å². The van der Waals surface area contributed by atoms with E-state index in [0.29, 0.717) is 24.3 Å². The Kier molecular flexibility index (Phi) is 6.73. The third-order valence-electron chi connectivity index (χ3n) is 6.48. The molecule has 5 rings (SSSR count). The number of nitrogens with zero attached hydrogens (tertiary/aromatic N) is 5. The average Bonchev–Trinajstić information content (AvgIpc) is 3.53. The summed E-state index contributed by atoms with van der Waals surface area (Å²) >= 11 is 0. The number of hydrogen-bond acceptors (Lipinski definition) is 6. The van der Waals surface area contributed by atoms with Crippen LogP contribution < -0.4 is 11.1 Å². The van der Waals surface area contributed by atoms with Crippen LogP contribution >= 0.6 is 0 Å². The van der Waals surface area contributed by atoms with Gasteiger partial charge in [0.2, 0.25) is 5.95 Å². The fourth-order valence-electron chi connectivity index (χ4n) is 4.70. The normalized spacial score (nSPS) is 15.8. The maximum absolute atomic E-state index is 14.3. The van der Waals surface area contributed by atoms with Gasteiger partial charge in [-0.2, -0.15) is 13.2 Å². The summed E-state index contributed by atoms with van der Waals surface area (Å²) in [5, 5.41) is 2.51. The van der Waals surface area contributed by atoms with E-state index in [4.69, 9.17) is 10.7 Å². The van der Waals surface area contributed by atoms with Crippen molar-refractivity contribution in [2.75, 3.05) is 30.7 Å². The van der Waals surface area contributed by atoms with Gasteiger partial charge >= 0.3 is 6.18 Å². The van der Waals surface area contributed by atoms with Crippen LogP contribution in [-0.4, -0.2) is 49.8 Å². The SMILES string of the molecule is CC#CCN1CCC(c2nc(-c3ccc(C(=O)Nc4ccccn4)cc3C(F)(F)F)n3c(N)nccc23)C1. The molecule has 3 aromatic heterocycles. The highest BCUT2D eigenvalue weighted by Gasteiger charge is 2.37. The van der Waals surface area contributed by atoms with E-state index in [1.54, 1.807) is 31.2 Å². The Morgan fingerprint density at radius 2 is 2.03 bits per heavy atom. The number of nitrogen functional groups attached to an aromatic ring is 1. The van der Waals surface area contributed by atoms with Gasteiger partial charge in [0.05, 0.1) is 23.3 Å². The Balaban J connectivity index is 1.58. The molecule has 0 spiro atoms. The zero-order chi connectivity index (χ0) is 26.9. The van der Waals surface area contributed by atoms with Crippen LogP contribution in [0.15, 0.2) is 54.9 Å². The van der Waals surface area contributed by atoms with Gasteiger partial charge in [-0.25, -0.2) is 15.0 Å². The number of likely N-dealkylation sites (tertiary alicyclic amines) is 1. The molecule has 0 bridgehead atoms. The van der Waals surface area contributed by atoms with E-state index in [-0.39, 0.29) is 34.6 Å². The molecule has 4 aromatic rings. The number of aromatic nitrogens is 4. The highest BCUT2D eigenvalue weighted by molar-refractivity contribution is 6.04. The van der Waals surface area contributed by atoms with E-state index in [2.05, 4.69) is 32.0 Å². The largest absolute Gasteiger partial charge is 0.417 e. The minimum atomic E-state index is -4.76. The molecule has 8 nitrogen and oxygen atoms in total. The van der Waals surface area contributed by atoms with E-state index in [0.717, 1.165) is 19.0 Å². The quantitative estimate of drug-likeness (QED) is 0.378. The van der Waals surface area contributed by atoms with Crippen LogP contribution in [0.4, 0.5) is 24.9 Å². The maximum atomic E-state index is 14.3. The first-order valence-electron chi connectivity index (χ1n) is 11.9. The first kappa shape index (κ1) is 25.2. The van der Waals surface area contributed by atoms with Crippen LogP contribution in [0.25, 0.3) is 16.9 Å². The number of benzene rings is 1. The summed E-state index contributed by atoms with van der Waals surface area (Å²) in [7, 11) is 0. The number of halogens is 3. The number of pyridine rings is 1. The van der Waals surface area contributed by atoms with Gasteiger partial charge in [0, 0.05) is 36.0 Å². The Bertz CT molecular complexity index is 1550. The second kappa shape index (κ2) is 10.1. The van der Waals surface area contributed by atoms with Crippen molar-refractivity contribution in [2.45, 2.75) is 25.4 Å². The smallest absolute Gasteiger partial charge is 0.369 e. The second-order valence-corrected chi connectivity index (χ2v) is 8.92. The molecule has 1 aliphatic heterocycles. The molecular formula is C27H24F3N7O. The molecule has 1 saturated heterocycles. The van der Waals surface area contributed by atoms with Gasteiger partial charge in [0.1, 0.15) is 11.6 Å². The molecule has 1 aromatic carbocycles. The van der Waals surface area contributed by atoms with Gasteiger partial charge in [-0.1, -0.05) is 12.0 Å². The van der Waals surface area contributed by atoms with Gasteiger partial charge < -0.3 is 11.1 Å².